The Morgan fingerprint density at radius 3 is 2.50 bits per heavy atom. The number of nitrogens with two attached hydrogens (primary N) is 1. The highest BCUT2D eigenvalue weighted by molar-refractivity contribution is 5.53. The molecule has 0 fully saturated rings. The lowest BCUT2D eigenvalue weighted by Crippen LogP contribution is -2.00. The molecule has 0 unspecified atom stereocenters. The topological polar surface area (TPSA) is 64.9 Å². The summed E-state index contributed by atoms with van der Waals surface area (Å²) in [5.41, 5.74) is 7.72. The zero-order valence-corrected chi connectivity index (χ0v) is 10.9. The van der Waals surface area contributed by atoms with Crippen LogP contribution in [0.15, 0.2) is 28.7 Å². The van der Waals surface area contributed by atoms with E-state index in [2.05, 4.69) is 36.2 Å². The van der Waals surface area contributed by atoms with Gasteiger partial charge in [0, 0.05) is 12.0 Å². The summed E-state index contributed by atoms with van der Waals surface area (Å²) in [4.78, 5) is 0. The number of benzene rings is 1. The van der Waals surface area contributed by atoms with Gasteiger partial charge in [0.05, 0.1) is 0 Å². The van der Waals surface area contributed by atoms with Crippen molar-refractivity contribution in [3.8, 4) is 11.5 Å². The van der Waals surface area contributed by atoms with Crippen molar-refractivity contribution in [3.05, 3.63) is 35.7 Å². The third-order valence-corrected chi connectivity index (χ3v) is 2.89. The van der Waals surface area contributed by atoms with E-state index in [4.69, 9.17) is 10.2 Å². The number of nitrogens with zero attached hydrogens (tertiary/aromatic N) is 2. The number of aryl methyl sites for hydroxylation is 1. The van der Waals surface area contributed by atoms with Crippen LogP contribution in [0.4, 0.5) is 0 Å². The molecule has 1 aromatic heterocycles. The zero-order chi connectivity index (χ0) is 13.0. The van der Waals surface area contributed by atoms with Crippen molar-refractivity contribution in [1.29, 1.82) is 0 Å². The first-order valence-corrected chi connectivity index (χ1v) is 6.33. The number of hydrogen-bond acceptors (Lipinski definition) is 4. The van der Waals surface area contributed by atoms with Gasteiger partial charge in [-0.1, -0.05) is 26.0 Å². The van der Waals surface area contributed by atoms with Crippen molar-refractivity contribution in [3.63, 3.8) is 0 Å². The van der Waals surface area contributed by atoms with Gasteiger partial charge in [-0.3, -0.25) is 0 Å². The number of hydrogen-bond donors (Lipinski definition) is 1. The van der Waals surface area contributed by atoms with E-state index >= 15 is 0 Å². The molecule has 2 aromatic rings. The summed E-state index contributed by atoms with van der Waals surface area (Å²) < 4.78 is 5.59. The van der Waals surface area contributed by atoms with E-state index in [0.29, 0.717) is 24.2 Å². The second-order valence-corrected chi connectivity index (χ2v) is 4.67. The van der Waals surface area contributed by atoms with Gasteiger partial charge >= 0.3 is 0 Å². The van der Waals surface area contributed by atoms with Crippen molar-refractivity contribution < 1.29 is 4.42 Å². The molecule has 0 saturated carbocycles. The second-order valence-electron chi connectivity index (χ2n) is 4.67. The first-order valence-electron chi connectivity index (χ1n) is 6.33. The zero-order valence-electron chi connectivity index (χ0n) is 10.9. The van der Waals surface area contributed by atoms with Crippen LogP contribution in [0, 0.1) is 0 Å². The van der Waals surface area contributed by atoms with Gasteiger partial charge in [-0.2, -0.15) is 0 Å². The molecule has 0 aliphatic carbocycles. The normalized spacial score (nSPS) is 11.1. The van der Waals surface area contributed by atoms with Crippen LogP contribution in [-0.4, -0.2) is 16.7 Å². The molecule has 0 amide bonds. The molecular weight excluding hydrogens is 226 g/mol. The molecule has 2 rings (SSSR count). The molecule has 0 aliphatic heterocycles. The first kappa shape index (κ1) is 12.8. The summed E-state index contributed by atoms with van der Waals surface area (Å²) in [6, 6.07) is 8.25. The Bertz CT molecular complexity index is 488. The van der Waals surface area contributed by atoms with Gasteiger partial charge < -0.3 is 10.2 Å². The van der Waals surface area contributed by atoms with Crippen LogP contribution in [0.1, 0.15) is 37.6 Å². The highest BCUT2D eigenvalue weighted by Crippen LogP contribution is 2.21. The number of rotatable bonds is 5. The lowest BCUT2D eigenvalue weighted by molar-refractivity contribution is 0.499. The quantitative estimate of drug-likeness (QED) is 0.879. The van der Waals surface area contributed by atoms with Crippen molar-refractivity contribution in [1.82, 2.24) is 10.2 Å². The van der Waals surface area contributed by atoms with E-state index in [9.17, 15) is 0 Å². The predicted octanol–water partition coefficient (Wildman–Crippen LogP) is 2.75. The minimum Gasteiger partial charge on any atom is -0.421 e. The molecule has 0 saturated heterocycles. The van der Waals surface area contributed by atoms with Crippen molar-refractivity contribution in [2.45, 2.75) is 32.6 Å². The van der Waals surface area contributed by atoms with Crippen molar-refractivity contribution in [2.24, 2.45) is 5.73 Å². The summed E-state index contributed by atoms with van der Waals surface area (Å²) in [5, 5.41) is 8.07. The average Bonchev–Trinajstić information content (AvgIpc) is 2.85. The van der Waals surface area contributed by atoms with Crippen LogP contribution in [0.3, 0.4) is 0 Å². The maximum Gasteiger partial charge on any atom is 0.247 e. The molecule has 1 aromatic carbocycles. The summed E-state index contributed by atoms with van der Waals surface area (Å²) in [6.07, 6.45) is 1.61. The van der Waals surface area contributed by atoms with Crippen molar-refractivity contribution in [2.75, 3.05) is 6.54 Å². The Labute approximate surface area is 107 Å². The summed E-state index contributed by atoms with van der Waals surface area (Å²) in [7, 11) is 0. The molecule has 0 radical (unpaired) electrons. The highest BCUT2D eigenvalue weighted by Gasteiger charge is 2.08. The fourth-order valence-electron chi connectivity index (χ4n) is 1.74. The van der Waals surface area contributed by atoms with Gasteiger partial charge in [-0.25, -0.2) is 0 Å². The van der Waals surface area contributed by atoms with Gasteiger partial charge in [0.25, 0.3) is 0 Å². The minimum absolute atomic E-state index is 0.529. The molecule has 0 atom stereocenters. The van der Waals surface area contributed by atoms with E-state index in [-0.39, 0.29) is 0 Å². The summed E-state index contributed by atoms with van der Waals surface area (Å²) >= 11 is 0. The smallest absolute Gasteiger partial charge is 0.247 e. The fourth-order valence-corrected chi connectivity index (χ4v) is 1.74. The standard InChI is InChI=1S/C14H19N3O/c1-10(2)11-5-7-12(8-6-11)14-17-16-13(18-14)4-3-9-15/h5-8,10H,3-4,9,15H2,1-2H3. The maximum atomic E-state index is 5.59. The highest BCUT2D eigenvalue weighted by atomic mass is 16.4. The monoisotopic (exact) mass is 245 g/mol. The molecule has 0 aliphatic rings. The van der Waals surface area contributed by atoms with Crippen LogP contribution >= 0.6 is 0 Å². The molecule has 1 heterocycles. The Kier molecular flexibility index (Phi) is 4.10. The Morgan fingerprint density at radius 1 is 1.17 bits per heavy atom. The van der Waals surface area contributed by atoms with E-state index in [1.165, 1.54) is 5.56 Å². The van der Waals surface area contributed by atoms with Gasteiger partial charge in [-0.15, -0.1) is 10.2 Å². The van der Waals surface area contributed by atoms with E-state index in [0.717, 1.165) is 18.4 Å². The molecule has 96 valence electrons. The van der Waals surface area contributed by atoms with E-state index < -0.39 is 0 Å². The minimum atomic E-state index is 0.529. The third-order valence-electron chi connectivity index (χ3n) is 2.89. The Hall–Kier alpha value is -1.68. The van der Waals surface area contributed by atoms with Crippen LogP contribution in [-0.2, 0) is 6.42 Å². The van der Waals surface area contributed by atoms with Crippen molar-refractivity contribution >= 4 is 0 Å². The molecule has 18 heavy (non-hydrogen) atoms. The van der Waals surface area contributed by atoms with Gasteiger partial charge in [0.2, 0.25) is 11.8 Å². The summed E-state index contributed by atoms with van der Waals surface area (Å²) in [6.45, 7) is 4.99. The molecule has 4 nitrogen and oxygen atoms in total. The van der Waals surface area contributed by atoms with E-state index in [1.807, 2.05) is 12.1 Å². The summed E-state index contributed by atoms with van der Waals surface area (Å²) in [5.74, 6) is 1.77. The second kappa shape index (κ2) is 5.78. The van der Waals surface area contributed by atoms with Crippen LogP contribution in [0.2, 0.25) is 0 Å². The van der Waals surface area contributed by atoms with Crippen LogP contribution in [0.5, 0.6) is 0 Å². The third kappa shape index (κ3) is 2.96. The molecule has 2 N–H and O–H groups in total. The lowest BCUT2D eigenvalue weighted by Gasteiger charge is -2.04. The Balaban J connectivity index is 2.13. The molecular formula is C14H19N3O. The van der Waals surface area contributed by atoms with Crippen LogP contribution < -0.4 is 5.73 Å². The van der Waals surface area contributed by atoms with Crippen LogP contribution in [0.25, 0.3) is 11.5 Å². The Morgan fingerprint density at radius 2 is 1.89 bits per heavy atom. The molecule has 0 bridgehead atoms. The molecule has 4 heteroatoms. The number of aromatic nitrogens is 2. The first-order chi connectivity index (χ1) is 8.70. The molecule has 0 spiro atoms. The van der Waals surface area contributed by atoms with Gasteiger partial charge in [0.1, 0.15) is 0 Å². The van der Waals surface area contributed by atoms with Gasteiger partial charge in [0.15, 0.2) is 0 Å². The maximum absolute atomic E-state index is 5.59. The van der Waals surface area contributed by atoms with E-state index in [1.54, 1.807) is 0 Å². The van der Waals surface area contributed by atoms with Gasteiger partial charge in [-0.05, 0) is 36.6 Å². The largest absolute Gasteiger partial charge is 0.421 e. The predicted molar refractivity (Wildman–Crippen MR) is 71.2 cm³/mol. The average molecular weight is 245 g/mol. The SMILES string of the molecule is CC(C)c1ccc(-c2nnc(CCCN)o2)cc1. The fraction of sp³-hybridized carbons (Fsp3) is 0.429. The lowest BCUT2D eigenvalue weighted by atomic mass is 10.0.